The molecule has 1 aliphatic carbocycles. The number of nitrogens with one attached hydrogen (secondary N) is 2. The Morgan fingerprint density at radius 1 is 1.42 bits per heavy atom. The largest absolute Gasteiger partial charge is 0.356 e. The van der Waals surface area contributed by atoms with E-state index in [1.807, 2.05) is 13.2 Å². The van der Waals surface area contributed by atoms with Gasteiger partial charge in [-0.1, -0.05) is 13.3 Å². The molecule has 0 radical (unpaired) electrons. The third-order valence-electron chi connectivity index (χ3n) is 3.43. The van der Waals surface area contributed by atoms with Gasteiger partial charge in [-0.15, -0.1) is 0 Å². The normalized spacial score (nSPS) is 25.2. The van der Waals surface area contributed by atoms with E-state index in [0.29, 0.717) is 6.54 Å². The molecule has 5 nitrogen and oxygen atoms in total. The van der Waals surface area contributed by atoms with Crippen LogP contribution in [0.25, 0.3) is 0 Å². The average Bonchev–Trinajstić information content (AvgIpc) is 2.71. The summed E-state index contributed by atoms with van der Waals surface area (Å²) >= 11 is 1.65. The summed E-state index contributed by atoms with van der Waals surface area (Å²) in [7, 11) is -3.17. The van der Waals surface area contributed by atoms with Gasteiger partial charge in [0.25, 0.3) is 0 Å². The fourth-order valence-electron chi connectivity index (χ4n) is 2.44. The average molecular weight is 308 g/mol. The summed E-state index contributed by atoms with van der Waals surface area (Å²) in [5.41, 5.74) is 0. The Bertz CT molecular complexity index is 398. The Morgan fingerprint density at radius 2 is 2.11 bits per heavy atom. The van der Waals surface area contributed by atoms with Gasteiger partial charge in [0.15, 0.2) is 0 Å². The molecule has 0 aliphatic heterocycles. The molecule has 0 heterocycles. The summed E-state index contributed by atoms with van der Waals surface area (Å²) < 4.78 is 25.2. The SMILES string of the molecule is CSC[C@H](C)C(=O)NC[C@H]1CCC[C@H]1NS(C)(=O)=O. The van der Waals surface area contributed by atoms with Gasteiger partial charge in [-0.2, -0.15) is 11.8 Å². The van der Waals surface area contributed by atoms with Crippen molar-refractivity contribution in [2.75, 3.05) is 24.8 Å². The van der Waals surface area contributed by atoms with Crippen LogP contribution in [-0.4, -0.2) is 45.2 Å². The molecule has 2 N–H and O–H groups in total. The molecule has 0 aromatic heterocycles. The lowest BCUT2D eigenvalue weighted by Crippen LogP contribution is -2.42. The molecular formula is C12H24N2O3S2. The van der Waals surface area contributed by atoms with Crippen molar-refractivity contribution in [2.24, 2.45) is 11.8 Å². The zero-order chi connectivity index (χ0) is 14.5. The van der Waals surface area contributed by atoms with Crippen LogP contribution in [0.3, 0.4) is 0 Å². The van der Waals surface area contributed by atoms with Gasteiger partial charge in [0.2, 0.25) is 15.9 Å². The maximum Gasteiger partial charge on any atom is 0.223 e. The lowest BCUT2D eigenvalue weighted by molar-refractivity contribution is -0.124. The summed E-state index contributed by atoms with van der Waals surface area (Å²) in [6, 6.07) is -0.0360. The Hall–Kier alpha value is -0.270. The third-order valence-corrected chi connectivity index (χ3v) is 4.99. The van der Waals surface area contributed by atoms with E-state index in [2.05, 4.69) is 10.0 Å². The molecule has 1 rings (SSSR count). The second-order valence-corrected chi connectivity index (χ2v) is 7.98. The van der Waals surface area contributed by atoms with Gasteiger partial charge >= 0.3 is 0 Å². The van der Waals surface area contributed by atoms with E-state index in [-0.39, 0.29) is 23.8 Å². The minimum absolute atomic E-state index is 0.00211. The van der Waals surface area contributed by atoms with Gasteiger partial charge in [-0.05, 0) is 25.0 Å². The lowest BCUT2D eigenvalue weighted by atomic mass is 10.0. The number of sulfonamides is 1. The highest BCUT2D eigenvalue weighted by Gasteiger charge is 2.29. The molecule has 0 spiro atoms. The topological polar surface area (TPSA) is 75.3 Å². The Labute approximate surface area is 120 Å². The zero-order valence-electron chi connectivity index (χ0n) is 11.8. The quantitative estimate of drug-likeness (QED) is 0.730. The predicted octanol–water partition coefficient (Wildman–Crippen LogP) is 0.820. The van der Waals surface area contributed by atoms with Crippen molar-refractivity contribution >= 4 is 27.7 Å². The van der Waals surface area contributed by atoms with E-state index < -0.39 is 10.0 Å². The minimum Gasteiger partial charge on any atom is -0.356 e. The molecule has 0 aromatic carbocycles. The standard InChI is InChI=1S/C12H24N2O3S2/c1-9(8-18-2)12(15)13-7-10-5-4-6-11(10)14-19(3,16)17/h9-11,14H,4-8H2,1-3H3,(H,13,15)/t9-,10+,11+/m0/s1. The first-order valence-corrected chi connectivity index (χ1v) is 9.86. The fraction of sp³-hybridized carbons (Fsp3) is 0.917. The molecular weight excluding hydrogens is 284 g/mol. The molecule has 7 heteroatoms. The predicted molar refractivity (Wildman–Crippen MR) is 79.7 cm³/mol. The number of thioether (sulfide) groups is 1. The van der Waals surface area contributed by atoms with Crippen LogP contribution in [0.4, 0.5) is 0 Å². The van der Waals surface area contributed by atoms with Gasteiger partial charge in [0, 0.05) is 24.3 Å². The van der Waals surface area contributed by atoms with Crippen LogP contribution in [0.2, 0.25) is 0 Å². The van der Waals surface area contributed by atoms with E-state index in [1.54, 1.807) is 11.8 Å². The molecule has 1 amide bonds. The van der Waals surface area contributed by atoms with E-state index in [1.165, 1.54) is 6.26 Å². The van der Waals surface area contributed by atoms with Crippen molar-refractivity contribution in [1.82, 2.24) is 10.0 Å². The van der Waals surface area contributed by atoms with Gasteiger partial charge in [0.05, 0.1) is 6.26 Å². The van der Waals surface area contributed by atoms with E-state index in [9.17, 15) is 13.2 Å². The van der Waals surface area contributed by atoms with Crippen LogP contribution in [0, 0.1) is 11.8 Å². The summed E-state index contributed by atoms with van der Waals surface area (Å²) in [6.45, 7) is 2.47. The number of carbonyl (C=O) groups excluding carboxylic acids is 1. The van der Waals surface area contributed by atoms with E-state index >= 15 is 0 Å². The Balaban J connectivity index is 2.41. The molecule has 1 aliphatic rings. The summed E-state index contributed by atoms with van der Waals surface area (Å²) in [5, 5.41) is 2.94. The lowest BCUT2D eigenvalue weighted by Gasteiger charge is -2.21. The summed E-state index contributed by atoms with van der Waals surface area (Å²) in [4.78, 5) is 11.8. The number of carbonyl (C=O) groups is 1. The first kappa shape index (κ1) is 16.8. The number of amides is 1. The molecule has 0 aromatic rings. The summed E-state index contributed by atoms with van der Waals surface area (Å²) in [6.07, 6.45) is 5.99. The first-order chi connectivity index (χ1) is 8.83. The molecule has 19 heavy (non-hydrogen) atoms. The maximum absolute atomic E-state index is 11.8. The van der Waals surface area contributed by atoms with E-state index in [4.69, 9.17) is 0 Å². The van der Waals surface area contributed by atoms with Crippen molar-refractivity contribution in [3.63, 3.8) is 0 Å². The van der Waals surface area contributed by atoms with Crippen LogP contribution >= 0.6 is 11.8 Å². The first-order valence-electron chi connectivity index (χ1n) is 6.57. The zero-order valence-corrected chi connectivity index (χ0v) is 13.4. The van der Waals surface area contributed by atoms with Crippen LogP contribution in [-0.2, 0) is 14.8 Å². The fourth-order valence-corrected chi connectivity index (χ4v) is 3.95. The maximum atomic E-state index is 11.8. The highest BCUT2D eigenvalue weighted by molar-refractivity contribution is 7.98. The minimum atomic E-state index is -3.17. The third kappa shape index (κ3) is 6.14. The second-order valence-electron chi connectivity index (χ2n) is 5.29. The number of hydrogen-bond donors (Lipinski definition) is 2. The van der Waals surface area contributed by atoms with Crippen molar-refractivity contribution in [3.05, 3.63) is 0 Å². The van der Waals surface area contributed by atoms with Gasteiger partial charge < -0.3 is 5.32 Å². The highest BCUT2D eigenvalue weighted by atomic mass is 32.2. The molecule has 112 valence electrons. The van der Waals surface area contributed by atoms with Gasteiger partial charge in [-0.25, -0.2) is 13.1 Å². The highest BCUT2D eigenvalue weighted by Crippen LogP contribution is 2.25. The van der Waals surface area contributed by atoms with Crippen molar-refractivity contribution in [3.8, 4) is 0 Å². The molecule has 0 unspecified atom stereocenters. The smallest absolute Gasteiger partial charge is 0.223 e. The van der Waals surface area contributed by atoms with Crippen molar-refractivity contribution in [1.29, 1.82) is 0 Å². The van der Waals surface area contributed by atoms with Crippen LogP contribution in [0.1, 0.15) is 26.2 Å². The molecule has 3 atom stereocenters. The van der Waals surface area contributed by atoms with Crippen molar-refractivity contribution < 1.29 is 13.2 Å². The number of hydrogen-bond acceptors (Lipinski definition) is 4. The van der Waals surface area contributed by atoms with Crippen LogP contribution < -0.4 is 10.0 Å². The Morgan fingerprint density at radius 3 is 2.68 bits per heavy atom. The molecule has 1 fully saturated rings. The number of rotatable bonds is 7. The van der Waals surface area contributed by atoms with Gasteiger partial charge in [-0.3, -0.25) is 4.79 Å². The molecule has 0 saturated heterocycles. The van der Waals surface area contributed by atoms with Crippen LogP contribution in [0.15, 0.2) is 0 Å². The molecule has 0 bridgehead atoms. The Kier molecular flexibility index (Phi) is 6.62. The monoisotopic (exact) mass is 308 g/mol. The summed E-state index contributed by atoms with van der Waals surface area (Å²) in [5.74, 6) is 1.07. The van der Waals surface area contributed by atoms with Gasteiger partial charge in [0.1, 0.15) is 0 Å². The van der Waals surface area contributed by atoms with Crippen molar-refractivity contribution in [2.45, 2.75) is 32.2 Å². The second kappa shape index (κ2) is 7.50. The molecule has 1 saturated carbocycles. The van der Waals surface area contributed by atoms with E-state index in [0.717, 1.165) is 25.0 Å². The van der Waals surface area contributed by atoms with Crippen LogP contribution in [0.5, 0.6) is 0 Å².